The minimum Gasteiger partial charge on any atom is -0.326 e. The van der Waals surface area contributed by atoms with Crippen molar-refractivity contribution in [1.82, 2.24) is 4.90 Å². The number of carbonyl (C=O) groups excluding carboxylic acids is 3. The lowest BCUT2D eigenvalue weighted by Crippen LogP contribution is -2.31. The third-order valence-corrected chi connectivity index (χ3v) is 5.22. The summed E-state index contributed by atoms with van der Waals surface area (Å²) in [5, 5.41) is 2.97. The highest BCUT2D eigenvalue weighted by molar-refractivity contribution is 9.10. The van der Waals surface area contributed by atoms with E-state index in [1.807, 2.05) is 32.0 Å². The van der Waals surface area contributed by atoms with Crippen molar-refractivity contribution in [2.24, 2.45) is 0 Å². The van der Waals surface area contributed by atoms with Crippen LogP contribution in [0.4, 0.5) is 5.69 Å². The van der Waals surface area contributed by atoms with Gasteiger partial charge >= 0.3 is 0 Å². The number of amides is 3. The molecule has 0 spiro atoms. The third-order valence-electron chi connectivity index (χ3n) is 4.72. The second kappa shape index (κ2) is 8.05. The molecule has 6 heteroatoms. The second-order valence-electron chi connectivity index (χ2n) is 6.57. The van der Waals surface area contributed by atoms with Crippen LogP contribution in [0.1, 0.15) is 51.6 Å². The molecule has 5 nitrogen and oxygen atoms in total. The minimum absolute atomic E-state index is 0.113. The fourth-order valence-corrected chi connectivity index (χ4v) is 3.63. The Morgan fingerprint density at radius 3 is 2.59 bits per heavy atom. The molecule has 1 aliphatic heterocycles. The monoisotopic (exact) mass is 428 g/mol. The van der Waals surface area contributed by atoms with Gasteiger partial charge in [-0.25, -0.2) is 0 Å². The molecule has 0 fully saturated rings. The summed E-state index contributed by atoms with van der Waals surface area (Å²) in [7, 11) is 0. The van der Waals surface area contributed by atoms with Crippen LogP contribution in [0.15, 0.2) is 40.9 Å². The SMILES string of the molecule is CCc1cccc(C)c1NC(=O)CCCN1C(=O)c2ccc(Br)cc2C1=O. The van der Waals surface area contributed by atoms with Crippen molar-refractivity contribution in [2.75, 3.05) is 11.9 Å². The number of hydrogen-bond acceptors (Lipinski definition) is 3. The quantitative estimate of drug-likeness (QED) is 0.695. The van der Waals surface area contributed by atoms with E-state index in [0.717, 1.165) is 27.7 Å². The Morgan fingerprint density at radius 1 is 1.11 bits per heavy atom. The average Bonchev–Trinajstić information content (AvgIpc) is 2.87. The van der Waals surface area contributed by atoms with E-state index in [0.29, 0.717) is 17.5 Å². The molecule has 2 aromatic carbocycles. The fourth-order valence-electron chi connectivity index (χ4n) is 3.27. The molecule has 1 aliphatic rings. The van der Waals surface area contributed by atoms with Crippen LogP contribution in [0.5, 0.6) is 0 Å². The standard InChI is InChI=1S/C21H21BrN2O3/c1-3-14-7-4-6-13(2)19(14)23-18(25)8-5-11-24-20(26)16-10-9-15(22)12-17(16)21(24)27/h4,6-7,9-10,12H,3,5,8,11H2,1-2H3,(H,23,25). The van der Waals surface area contributed by atoms with E-state index < -0.39 is 0 Å². The number of anilines is 1. The summed E-state index contributed by atoms with van der Waals surface area (Å²) in [5.74, 6) is -0.711. The predicted molar refractivity (Wildman–Crippen MR) is 108 cm³/mol. The van der Waals surface area contributed by atoms with Crippen molar-refractivity contribution >= 4 is 39.3 Å². The minimum atomic E-state index is -0.302. The normalized spacial score (nSPS) is 13.1. The number of aryl methyl sites for hydroxylation is 2. The van der Waals surface area contributed by atoms with Crippen molar-refractivity contribution in [3.8, 4) is 0 Å². The number of carbonyl (C=O) groups is 3. The van der Waals surface area contributed by atoms with E-state index in [-0.39, 0.29) is 30.7 Å². The van der Waals surface area contributed by atoms with Gasteiger partial charge in [-0.2, -0.15) is 0 Å². The summed E-state index contributed by atoms with van der Waals surface area (Å²) in [6, 6.07) is 11.0. The van der Waals surface area contributed by atoms with Gasteiger partial charge < -0.3 is 5.32 Å². The van der Waals surface area contributed by atoms with E-state index in [2.05, 4.69) is 21.2 Å². The van der Waals surface area contributed by atoms with Crippen LogP contribution in [0.25, 0.3) is 0 Å². The van der Waals surface area contributed by atoms with Crippen LogP contribution < -0.4 is 5.32 Å². The Hall–Kier alpha value is -2.47. The Bertz CT molecular complexity index is 924. The molecule has 1 N–H and O–H groups in total. The molecular weight excluding hydrogens is 408 g/mol. The Kier molecular flexibility index (Phi) is 5.75. The van der Waals surface area contributed by atoms with E-state index in [4.69, 9.17) is 0 Å². The third kappa shape index (κ3) is 3.95. The highest BCUT2D eigenvalue weighted by Crippen LogP contribution is 2.26. The van der Waals surface area contributed by atoms with Crippen molar-refractivity contribution in [3.05, 3.63) is 63.1 Å². The first-order valence-corrected chi connectivity index (χ1v) is 9.75. The predicted octanol–water partition coefficient (Wildman–Crippen LogP) is 4.33. The Balaban J connectivity index is 1.59. The van der Waals surface area contributed by atoms with E-state index in [9.17, 15) is 14.4 Å². The van der Waals surface area contributed by atoms with Crippen molar-refractivity contribution < 1.29 is 14.4 Å². The van der Waals surface area contributed by atoms with Crippen molar-refractivity contribution in [1.29, 1.82) is 0 Å². The van der Waals surface area contributed by atoms with Crippen LogP contribution in [-0.2, 0) is 11.2 Å². The first-order chi connectivity index (χ1) is 12.9. The summed E-state index contributed by atoms with van der Waals surface area (Å²) >= 11 is 3.32. The first-order valence-electron chi connectivity index (χ1n) is 8.96. The van der Waals surface area contributed by atoms with E-state index in [1.165, 1.54) is 4.90 Å². The number of para-hydroxylation sites is 1. The molecule has 0 atom stereocenters. The Morgan fingerprint density at radius 2 is 1.85 bits per heavy atom. The molecule has 2 aromatic rings. The van der Waals surface area contributed by atoms with Gasteiger partial charge in [0.2, 0.25) is 5.91 Å². The van der Waals surface area contributed by atoms with E-state index >= 15 is 0 Å². The lowest BCUT2D eigenvalue weighted by atomic mass is 10.1. The topological polar surface area (TPSA) is 66.5 Å². The van der Waals surface area contributed by atoms with Gasteiger partial charge in [0.1, 0.15) is 0 Å². The largest absolute Gasteiger partial charge is 0.326 e. The molecule has 3 amide bonds. The number of nitrogens with zero attached hydrogens (tertiary/aromatic N) is 1. The number of nitrogens with one attached hydrogen (secondary N) is 1. The molecule has 1 heterocycles. The van der Waals surface area contributed by atoms with Gasteiger partial charge in [0.05, 0.1) is 11.1 Å². The lowest BCUT2D eigenvalue weighted by molar-refractivity contribution is -0.116. The first kappa shape index (κ1) is 19.3. The molecule has 0 unspecified atom stereocenters. The maximum Gasteiger partial charge on any atom is 0.261 e. The summed E-state index contributed by atoms with van der Waals surface area (Å²) in [6.45, 7) is 4.24. The molecule has 27 heavy (non-hydrogen) atoms. The van der Waals surface area contributed by atoms with Crippen molar-refractivity contribution in [3.63, 3.8) is 0 Å². The zero-order valence-electron chi connectivity index (χ0n) is 15.3. The molecule has 3 rings (SSSR count). The number of benzene rings is 2. The number of fused-ring (bicyclic) bond motifs is 1. The van der Waals surface area contributed by atoms with Crippen LogP contribution in [0, 0.1) is 6.92 Å². The Labute approximate surface area is 166 Å². The molecule has 140 valence electrons. The van der Waals surface area contributed by atoms with Crippen LogP contribution in [0.2, 0.25) is 0 Å². The highest BCUT2D eigenvalue weighted by atomic mass is 79.9. The van der Waals surface area contributed by atoms with E-state index in [1.54, 1.807) is 18.2 Å². The second-order valence-corrected chi connectivity index (χ2v) is 7.48. The van der Waals surface area contributed by atoms with Gasteiger partial charge in [0.25, 0.3) is 11.8 Å². The smallest absolute Gasteiger partial charge is 0.261 e. The fraction of sp³-hybridized carbons (Fsp3) is 0.286. The van der Waals surface area contributed by atoms with Gasteiger partial charge in [0.15, 0.2) is 0 Å². The number of hydrogen-bond donors (Lipinski definition) is 1. The molecular formula is C21H21BrN2O3. The summed E-state index contributed by atoms with van der Waals surface area (Å²) in [4.78, 5) is 38.4. The number of halogens is 1. The molecule has 0 aliphatic carbocycles. The van der Waals surface area contributed by atoms with Gasteiger partial charge in [-0.05, 0) is 49.1 Å². The zero-order chi connectivity index (χ0) is 19.6. The molecule has 0 bridgehead atoms. The number of rotatable bonds is 6. The maximum absolute atomic E-state index is 12.4. The zero-order valence-corrected chi connectivity index (χ0v) is 16.9. The van der Waals surface area contributed by atoms with Crippen LogP contribution in [0.3, 0.4) is 0 Å². The lowest BCUT2D eigenvalue weighted by Gasteiger charge is -2.15. The number of imide groups is 1. The average molecular weight is 429 g/mol. The summed E-state index contributed by atoms with van der Waals surface area (Å²) in [6.07, 6.45) is 1.50. The van der Waals surface area contributed by atoms with Crippen LogP contribution >= 0.6 is 15.9 Å². The van der Waals surface area contributed by atoms with Crippen LogP contribution in [-0.4, -0.2) is 29.2 Å². The van der Waals surface area contributed by atoms with Gasteiger partial charge in [-0.3, -0.25) is 19.3 Å². The molecule has 0 radical (unpaired) electrons. The molecule has 0 saturated heterocycles. The molecule has 0 saturated carbocycles. The maximum atomic E-state index is 12.4. The van der Waals surface area contributed by atoms with Gasteiger partial charge in [0, 0.05) is 23.1 Å². The highest BCUT2D eigenvalue weighted by Gasteiger charge is 2.35. The van der Waals surface area contributed by atoms with Crippen molar-refractivity contribution in [2.45, 2.75) is 33.1 Å². The van der Waals surface area contributed by atoms with Gasteiger partial charge in [-0.15, -0.1) is 0 Å². The summed E-state index contributed by atoms with van der Waals surface area (Å²) < 4.78 is 0.758. The van der Waals surface area contributed by atoms with Gasteiger partial charge in [-0.1, -0.05) is 41.1 Å². The summed E-state index contributed by atoms with van der Waals surface area (Å²) in [5.41, 5.74) is 3.80. The molecule has 0 aromatic heterocycles.